The first kappa shape index (κ1) is 14.5. The van der Waals surface area contributed by atoms with E-state index in [4.69, 9.17) is 15.2 Å². The molecule has 2 heterocycles. The minimum Gasteiger partial charge on any atom is -0.378 e. The molecule has 5 heteroatoms. The molecule has 2 rings (SSSR count). The minimum absolute atomic E-state index is 0.321. The molecule has 2 unspecified atom stereocenters. The molecule has 5 nitrogen and oxygen atoms in total. The number of ether oxygens (including phenoxy) is 2. The fraction of sp³-hybridized carbons (Fsp3) is 0.786. The van der Waals surface area contributed by atoms with Crippen molar-refractivity contribution in [2.45, 2.75) is 51.4 Å². The smallest absolute Gasteiger partial charge is 0.104 e. The highest BCUT2D eigenvalue weighted by Crippen LogP contribution is 2.23. The maximum Gasteiger partial charge on any atom is 0.104 e. The Labute approximate surface area is 115 Å². The van der Waals surface area contributed by atoms with Crippen LogP contribution in [0.2, 0.25) is 0 Å². The second-order valence-electron chi connectivity index (χ2n) is 5.38. The largest absolute Gasteiger partial charge is 0.378 e. The number of nitrogens with zero attached hydrogens (tertiary/aromatic N) is 2. The Bertz CT molecular complexity index is 386. The summed E-state index contributed by atoms with van der Waals surface area (Å²) in [7, 11) is 0. The van der Waals surface area contributed by atoms with Crippen molar-refractivity contribution in [3.8, 4) is 0 Å². The highest BCUT2D eigenvalue weighted by molar-refractivity contribution is 4.99. The lowest BCUT2D eigenvalue weighted by Crippen LogP contribution is -2.47. The summed E-state index contributed by atoms with van der Waals surface area (Å²) in [6.07, 6.45) is 5.07. The molecular weight excluding hydrogens is 242 g/mol. The van der Waals surface area contributed by atoms with E-state index in [1.807, 2.05) is 16.9 Å². The molecule has 1 aliphatic rings. The van der Waals surface area contributed by atoms with Gasteiger partial charge in [0.2, 0.25) is 0 Å². The lowest BCUT2D eigenvalue weighted by Gasteiger charge is -2.35. The molecule has 19 heavy (non-hydrogen) atoms. The Morgan fingerprint density at radius 1 is 1.63 bits per heavy atom. The molecule has 0 aliphatic carbocycles. The molecule has 1 fully saturated rings. The molecule has 1 aromatic rings. The summed E-state index contributed by atoms with van der Waals surface area (Å²) in [4.78, 5) is 0. The summed E-state index contributed by atoms with van der Waals surface area (Å²) in [6, 6.07) is 2.44. The van der Waals surface area contributed by atoms with Gasteiger partial charge in [-0.3, -0.25) is 4.68 Å². The zero-order valence-corrected chi connectivity index (χ0v) is 12.0. The molecule has 2 N–H and O–H groups in total. The second-order valence-corrected chi connectivity index (χ2v) is 5.38. The van der Waals surface area contributed by atoms with Gasteiger partial charge < -0.3 is 15.2 Å². The van der Waals surface area contributed by atoms with Crippen LogP contribution in [0.25, 0.3) is 0 Å². The molecule has 108 valence electrons. The normalized spacial score (nSPS) is 25.4. The fourth-order valence-electron chi connectivity index (χ4n) is 2.27. The molecule has 0 spiro atoms. The number of aromatic nitrogens is 2. The van der Waals surface area contributed by atoms with Crippen LogP contribution in [0, 0.1) is 0 Å². The van der Waals surface area contributed by atoms with Crippen LogP contribution < -0.4 is 5.73 Å². The van der Waals surface area contributed by atoms with Crippen LogP contribution >= 0.6 is 0 Å². The SMILES string of the molecule is CCC(C)n1ccc(COC2(CN)CCCOC2)n1. The molecule has 1 aromatic heterocycles. The van der Waals surface area contributed by atoms with Gasteiger partial charge in [-0.2, -0.15) is 5.10 Å². The Hall–Kier alpha value is -0.910. The van der Waals surface area contributed by atoms with Crippen LogP contribution in [0.4, 0.5) is 0 Å². The van der Waals surface area contributed by atoms with Crippen LogP contribution in [0.15, 0.2) is 12.3 Å². The molecule has 0 amide bonds. The zero-order valence-electron chi connectivity index (χ0n) is 12.0. The van der Waals surface area contributed by atoms with E-state index in [9.17, 15) is 0 Å². The highest BCUT2D eigenvalue weighted by atomic mass is 16.5. The summed E-state index contributed by atoms with van der Waals surface area (Å²) in [6.45, 7) is 6.73. The van der Waals surface area contributed by atoms with Crippen LogP contribution in [0.1, 0.15) is 44.8 Å². The van der Waals surface area contributed by atoms with Gasteiger partial charge in [0.1, 0.15) is 5.60 Å². The van der Waals surface area contributed by atoms with Crippen molar-refractivity contribution in [1.82, 2.24) is 9.78 Å². The monoisotopic (exact) mass is 267 g/mol. The van der Waals surface area contributed by atoms with E-state index in [0.717, 1.165) is 31.6 Å². The highest BCUT2D eigenvalue weighted by Gasteiger charge is 2.32. The van der Waals surface area contributed by atoms with Crippen LogP contribution in [-0.2, 0) is 16.1 Å². The van der Waals surface area contributed by atoms with Gasteiger partial charge in [-0.05, 0) is 32.3 Å². The summed E-state index contributed by atoms with van der Waals surface area (Å²) >= 11 is 0. The van der Waals surface area contributed by atoms with Gasteiger partial charge in [0, 0.05) is 25.4 Å². The Kier molecular flexibility index (Phi) is 4.96. The Morgan fingerprint density at radius 2 is 2.47 bits per heavy atom. The first-order valence-corrected chi connectivity index (χ1v) is 7.15. The van der Waals surface area contributed by atoms with Crippen molar-refractivity contribution in [3.05, 3.63) is 18.0 Å². The lowest BCUT2D eigenvalue weighted by atomic mass is 9.96. The topological polar surface area (TPSA) is 62.3 Å². The molecule has 1 saturated heterocycles. The molecule has 0 bridgehead atoms. The van der Waals surface area contributed by atoms with E-state index < -0.39 is 0 Å². The maximum atomic E-state index is 6.01. The summed E-state index contributed by atoms with van der Waals surface area (Å²) in [5.74, 6) is 0. The van der Waals surface area contributed by atoms with Gasteiger partial charge in [-0.15, -0.1) is 0 Å². The van der Waals surface area contributed by atoms with E-state index in [1.54, 1.807) is 0 Å². The third-order valence-corrected chi connectivity index (χ3v) is 3.89. The first-order valence-electron chi connectivity index (χ1n) is 7.15. The van der Waals surface area contributed by atoms with Crippen molar-refractivity contribution in [2.24, 2.45) is 5.73 Å². The van der Waals surface area contributed by atoms with E-state index in [2.05, 4.69) is 18.9 Å². The van der Waals surface area contributed by atoms with Crippen molar-refractivity contribution >= 4 is 0 Å². The lowest BCUT2D eigenvalue weighted by molar-refractivity contribution is -0.130. The quantitative estimate of drug-likeness (QED) is 0.855. The maximum absolute atomic E-state index is 6.01. The van der Waals surface area contributed by atoms with Gasteiger partial charge >= 0.3 is 0 Å². The third kappa shape index (κ3) is 3.55. The summed E-state index contributed by atoms with van der Waals surface area (Å²) < 4.78 is 13.5. The van der Waals surface area contributed by atoms with E-state index in [1.165, 1.54) is 0 Å². The average molecular weight is 267 g/mol. The van der Waals surface area contributed by atoms with Crippen molar-refractivity contribution < 1.29 is 9.47 Å². The number of rotatable bonds is 6. The minimum atomic E-state index is -0.321. The van der Waals surface area contributed by atoms with Gasteiger partial charge in [0.05, 0.1) is 18.9 Å². The van der Waals surface area contributed by atoms with E-state index in [0.29, 0.717) is 25.8 Å². The van der Waals surface area contributed by atoms with Gasteiger partial charge in [-0.25, -0.2) is 0 Å². The van der Waals surface area contributed by atoms with Gasteiger partial charge in [0.25, 0.3) is 0 Å². The first-order chi connectivity index (χ1) is 9.19. The zero-order chi connectivity index (χ0) is 13.7. The Morgan fingerprint density at radius 3 is 3.11 bits per heavy atom. The molecule has 2 atom stereocenters. The summed E-state index contributed by atoms with van der Waals surface area (Å²) in [5, 5.41) is 4.54. The van der Waals surface area contributed by atoms with Crippen LogP contribution in [0.5, 0.6) is 0 Å². The van der Waals surface area contributed by atoms with E-state index >= 15 is 0 Å². The van der Waals surface area contributed by atoms with E-state index in [-0.39, 0.29) is 5.60 Å². The molecule has 1 aliphatic heterocycles. The third-order valence-electron chi connectivity index (χ3n) is 3.89. The molecule has 0 radical (unpaired) electrons. The number of nitrogens with two attached hydrogens (primary N) is 1. The van der Waals surface area contributed by atoms with Crippen molar-refractivity contribution in [3.63, 3.8) is 0 Å². The average Bonchev–Trinajstić information content (AvgIpc) is 2.94. The molecule has 0 aromatic carbocycles. The van der Waals surface area contributed by atoms with Gasteiger partial charge in [-0.1, -0.05) is 6.92 Å². The Balaban J connectivity index is 1.92. The second kappa shape index (κ2) is 6.50. The predicted molar refractivity (Wildman–Crippen MR) is 73.9 cm³/mol. The van der Waals surface area contributed by atoms with Crippen LogP contribution in [0.3, 0.4) is 0 Å². The van der Waals surface area contributed by atoms with Crippen molar-refractivity contribution in [2.75, 3.05) is 19.8 Å². The van der Waals surface area contributed by atoms with Crippen molar-refractivity contribution in [1.29, 1.82) is 0 Å². The molecule has 0 saturated carbocycles. The number of hydrogen-bond donors (Lipinski definition) is 1. The summed E-state index contributed by atoms with van der Waals surface area (Å²) in [5.41, 5.74) is 6.48. The fourth-order valence-corrected chi connectivity index (χ4v) is 2.27. The number of hydrogen-bond acceptors (Lipinski definition) is 4. The molecular formula is C14H25N3O2. The predicted octanol–water partition coefficient (Wildman–Crippen LogP) is 1.88. The van der Waals surface area contributed by atoms with Crippen LogP contribution in [-0.4, -0.2) is 35.1 Å². The van der Waals surface area contributed by atoms with Gasteiger partial charge in [0.15, 0.2) is 0 Å². The standard InChI is InChI=1S/C14H25N3O2/c1-3-12(2)17-7-5-13(16-17)9-19-14(10-15)6-4-8-18-11-14/h5,7,12H,3-4,6,8-11,15H2,1-2H3.